The Morgan fingerprint density at radius 1 is 1.17 bits per heavy atom. The van der Waals surface area contributed by atoms with Crippen molar-refractivity contribution < 1.29 is 4.74 Å². The highest BCUT2D eigenvalue weighted by atomic mass is 35.5. The molecule has 0 unspecified atom stereocenters. The third-order valence-electron chi connectivity index (χ3n) is 2.92. The van der Waals surface area contributed by atoms with Gasteiger partial charge in [0.1, 0.15) is 10.9 Å². The van der Waals surface area contributed by atoms with Gasteiger partial charge in [0.2, 0.25) is 0 Å². The van der Waals surface area contributed by atoms with Gasteiger partial charge < -0.3 is 4.74 Å². The standard InChI is InChI=1S/C16H16Cl3N3O/c1-2-3-8-23-12-6-4-11(5-7-12)10-20-22-16-14(18)9-13(17)15(19)21-16/h4-7,9-10H,2-3,8H2,1H3,(H,21,22)/b20-10-. The number of nitrogens with one attached hydrogen (secondary N) is 1. The largest absolute Gasteiger partial charge is 0.494 e. The number of hydrazone groups is 1. The van der Waals surface area contributed by atoms with Crippen LogP contribution >= 0.6 is 34.8 Å². The molecule has 4 nitrogen and oxygen atoms in total. The van der Waals surface area contributed by atoms with E-state index in [0.717, 1.165) is 30.8 Å². The van der Waals surface area contributed by atoms with Crippen LogP contribution in [0.5, 0.6) is 5.75 Å². The van der Waals surface area contributed by atoms with Crippen LogP contribution in [-0.4, -0.2) is 17.8 Å². The molecule has 0 saturated carbocycles. The predicted molar refractivity (Wildman–Crippen MR) is 97.3 cm³/mol. The van der Waals surface area contributed by atoms with E-state index in [1.165, 1.54) is 6.07 Å². The van der Waals surface area contributed by atoms with E-state index in [-0.39, 0.29) is 5.15 Å². The van der Waals surface area contributed by atoms with Gasteiger partial charge >= 0.3 is 0 Å². The summed E-state index contributed by atoms with van der Waals surface area (Å²) in [5.41, 5.74) is 3.65. The molecule has 0 bridgehead atoms. The molecule has 0 aliphatic rings. The van der Waals surface area contributed by atoms with E-state index < -0.39 is 0 Å². The molecule has 2 rings (SSSR count). The summed E-state index contributed by atoms with van der Waals surface area (Å²) in [6.07, 6.45) is 3.81. The van der Waals surface area contributed by atoms with E-state index in [2.05, 4.69) is 22.4 Å². The number of rotatable bonds is 7. The fourth-order valence-electron chi connectivity index (χ4n) is 1.67. The van der Waals surface area contributed by atoms with Crippen molar-refractivity contribution in [1.82, 2.24) is 4.98 Å². The molecular weight excluding hydrogens is 357 g/mol. The minimum absolute atomic E-state index is 0.169. The van der Waals surface area contributed by atoms with E-state index in [4.69, 9.17) is 39.5 Å². The van der Waals surface area contributed by atoms with Crippen LogP contribution in [0.25, 0.3) is 0 Å². The summed E-state index contributed by atoms with van der Waals surface area (Å²) in [5, 5.41) is 4.89. The molecule has 1 aromatic heterocycles. The number of anilines is 1. The van der Waals surface area contributed by atoms with Gasteiger partial charge in [-0.1, -0.05) is 48.1 Å². The molecule has 1 N–H and O–H groups in total. The zero-order valence-electron chi connectivity index (χ0n) is 12.5. The van der Waals surface area contributed by atoms with Crippen LogP contribution in [0, 0.1) is 0 Å². The summed E-state index contributed by atoms with van der Waals surface area (Å²) in [5.74, 6) is 1.19. The number of ether oxygens (including phenoxy) is 1. The first-order valence-corrected chi connectivity index (χ1v) is 8.27. The SMILES string of the molecule is CCCCOc1ccc(/C=N\Nc2nc(Cl)c(Cl)cc2Cl)cc1. The van der Waals surface area contributed by atoms with Crippen LogP contribution in [0.15, 0.2) is 35.4 Å². The minimum atomic E-state index is 0.169. The second-order valence-corrected chi connectivity index (χ2v) is 5.90. The molecule has 0 aliphatic heterocycles. The molecule has 0 atom stereocenters. The lowest BCUT2D eigenvalue weighted by Gasteiger charge is -2.05. The Bertz CT molecular complexity index is 675. The van der Waals surface area contributed by atoms with Crippen LogP contribution in [0.2, 0.25) is 15.2 Å². The smallest absolute Gasteiger partial charge is 0.166 e. The molecule has 0 amide bonds. The maximum absolute atomic E-state index is 6.01. The molecule has 23 heavy (non-hydrogen) atoms. The second-order valence-electron chi connectivity index (χ2n) is 4.73. The Labute approximate surface area is 150 Å². The normalized spacial score (nSPS) is 11.0. The molecular formula is C16H16Cl3N3O. The van der Waals surface area contributed by atoms with Crippen molar-refractivity contribution >= 4 is 46.8 Å². The summed E-state index contributed by atoms with van der Waals surface area (Å²) in [7, 11) is 0. The monoisotopic (exact) mass is 371 g/mol. The van der Waals surface area contributed by atoms with E-state index in [1.54, 1.807) is 6.21 Å². The lowest BCUT2D eigenvalue weighted by atomic mass is 10.2. The van der Waals surface area contributed by atoms with Crippen molar-refractivity contribution in [3.8, 4) is 5.75 Å². The summed E-state index contributed by atoms with van der Waals surface area (Å²) in [6.45, 7) is 2.86. The quantitative estimate of drug-likeness (QED) is 0.295. The van der Waals surface area contributed by atoms with Crippen LogP contribution in [-0.2, 0) is 0 Å². The number of aromatic nitrogens is 1. The number of unbranched alkanes of at least 4 members (excludes halogenated alkanes) is 1. The number of halogens is 3. The summed E-state index contributed by atoms with van der Waals surface area (Å²) >= 11 is 17.7. The van der Waals surface area contributed by atoms with Crippen LogP contribution in [0.3, 0.4) is 0 Å². The molecule has 122 valence electrons. The van der Waals surface area contributed by atoms with Crippen molar-refractivity contribution in [2.45, 2.75) is 19.8 Å². The maximum atomic E-state index is 6.01. The molecule has 0 spiro atoms. The van der Waals surface area contributed by atoms with Crippen LogP contribution in [0.4, 0.5) is 5.82 Å². The lowest BCUT2D eigenvalue weighted by molar-refractivity contribution is 0.309. The zero-order chi connectivity index (χ0) is 16.7. The first-order valence-electron chi connectivity index (χ1n) is 7.13. The van der Waals surface area contributed by atoms with Crippen molar-refractivity contribution in [3.05, 3.63) is 51.1 Å². The van der Waals surface area contributed by atoms with Crippen molar-refractivity contribution in [2.24, 2.45) is 5.10 Å². The highest BCUT2D eigenvalue weighted by molar-refractivity contribution is 6.42. The average Bonchev–Trinajstić information content (AvgIpc) is 2.54. The second kappa shape index (κ2) is 8.96. The van der Waals surface area contributed by atoms with Crippen molar-refractivity contribution in [1.29, 1.82) is 0 Å². The maximum Gasteiger partial charge on any atom is 0.166 e. The number of hydrogen-bond donors (Lipinski definition) is 1. The third-order valence-corrected chi connectivity index (χ3v) is 3.88. The van der Waals surface area contributed by atoms with E-state index in [9.17, 15) is 0 Å². The number of nitrogens with zero attached hydrogens (tertiary/aromatic N) is 2. The van der Waals surface area contributed by atoms with E-state index >= 15 is 0 Å². The Kier molecular flexibility index (Phi) is 6.96. The molecule has 7 heteroatoms. The molecule has 1 aromatic carbocycles. The number of benzene rings is 1. The molecule has 0 radical (unpaired) electrons. The Morgan fingerprint density at radius 2 is 1.91 bits per heavy atom. The highest BCUT2D eigenvalue weighted by Crippen LogP contribution is 2.28. The van der Waals surface area contributed by atoms with Gasteiger partial charge in [0.25, 0.3) is 0 Å². The molecule has 0 saturated heterocycles. The van der Waals surface area contributed by atoms with Gasteiger partial charge in [-0.25, -0.2) is 4.98 Å². The third kappa shape index (κ3) is 5.57. The fourth-order valence-corrected chi connectivity index (χ4v) is 2.21. The zero-order valence-corrected chi connectivity index (χ0v) is 14.8. The van der Waals surface area contributed by atoms with Gasteiger partial charge in [-0.2, -0.15) is 5.10 Å². The Balaban J connectivity index is 1.94. The molecule has 2 aromatic rings. The summed E-state index contributed by atoms with van der Waals surface area (Å²) < 4.78 is 5.60. The topological polar surface area (TPSA) is 46.5 Å². The molecule has 0 fully saturated rings. The highest BCUT2D eigenvalue weighted by Gasteiger charge is 2.06. The van der Waals surface area contributed by atoms with Crippen LogP contribution in [0.1, 0.15) is 25.3 Å². The Hall–Kier alpha value is -1.49. The van der Waals surface area contributed by atoms with Gasteiger partial charge in [0.15, 0.2) is 5.82 Å². The molecule has 0 aliphatic carbocycles. The lowest BCUT2D eigenvalue weighted by Crippen LogP contribution is -1.97. The summed E-state index contributed by atoms with van der Waals surface area (Å²) in [4.78, 5) is 4.02. The van der Waals surface area contributed by atoms with Gasteiger partial charge in [-0.3, -0.25) is 5.43 Å². The fraction of sp³-hybridized carbons (Fsp3) is 0.250. The van der Waals surface area contributed by atoms with E-state index in [0.29, 0.717) is 15.9 Å². The average molecular weight is 373 g/mol. The van der Waals surface area contributed by atoms with E-state index in [1.807, 2.05) is 24.3 Å². The van der Waals surface area contributed by atoms with Gasteiger partial charge in [-0.05, 0) is 42.3 Å². The van der Waals surface area contributed by atoms with Crippen molar-refractivity contribution in [3.63, 3.8) is 0 Å². The molecule has 1 heterocycles. The predicted octanol–water partition coefficient (Wildman–Crippen LogP) is 5.67. The van der Waals surface area contributed by atoms with Gasteiger partial charge in [0.05, 0.1) is 22.9 Å². The summed E-state index contributed by atoms with van der Waals surface area (Å²) in [6, 6.07) is 9.15. The van der Waals surface area contributed by atoms with Gasteiger partial charge in [-0.15, -0.1) is 0 Å². The van der Waals surface area contributed by atoms with Gasteiger partial charge in [0, 0.05) is 0 Å². The first-order chi connectivity index (χ1) is 11.1. The number of hydrogen-bond acceptors (Lipinski definition) is 4. The number of pyridine rings is 1. The first kappa shape index (κ1) is 17.9. The van der Waals surface area contributed by atoms with Crippen molar-refractivity contribution in [2.75, 3.05) is 12.0 Å². The Morgan fingerprint density at radius 3 is 2.61 bits per heavy atom. The minimum Gasteiger partial charge on any atom is -0.494 e. The van der Waals surface area contributed by atoms with Crippen LogP contribution < -0.4 is 10.2 Å².